The van der Waals surface area contributed by atoms with Gasteiger partial charge in [0.25, 0.3) is 0 Å². The van der Waals surface area contributed by atoms with Crippen molar-refractivity contribution in [3.05, 3.63) is 11.9 Å². The number of nitrogens with zero attached hydrogens (tertiary/aromatic N) is 3. The van der Waals surface area contributed by atoms with Crippen LogP contribution in [0.15, 0.2) is 11.4 Å². The normalized spacial score (nSPS) is 23.9. The SMILES string of the molecule is CCc1cnc(SCC(=O)O)n1C1CCN(C)CC1C. The highest BCUT2D eigenvalue weighted by Crippen LogP contribution is 2.33. The van der Waals surface area contributed by atoms with E-state index in [0.29, 0.717) is 12.0 Å². The highest BCUT2D eigenvalue weighted by Gasteiger charge is 2.28. The molecule has 0 bridgehead atoms. The summed E-state index contributed by atoms with van der Waals surface area (Å²) in [6, 6.07) is 0.431. The Labute approximate surface area is 124 Å². The minimum Gasteiger partial charge on any atom is -0.481 e. The predicted molar refractivity (Wildman–Crippen MR) is 80.3 cm³/mol. The highest BCUT2D eigenvalue weighted by atomic mass is 32.2. The maximum atomic E-state index is 10.8. The molecule has 2 unspecified atom stereocenters. The fourth-order valence-electron chi connectivity index (χ4n) is 2.95. The zero-order valence-corrected chi connectivity index (χ0v) is 13.2. The quantitative estimate of drug-likeness (QED) is 0.844. The van der Waals surface area contributed by atoms with Crippen molar-refractivity contribution < 1.29 is 9.90 Å². The van der Waals surface area contributed by atoms with Crippen LogP contribution in [0, 0.1) is 5.92 Å². The van der Waals surface area contributed by atoms with Crippen LogP contribution in [-0.2, 0) is 11.2 Å². The van der Waals surface area contributed by atoms with Gasteiger partial charge in [-0.2, -0.15) is 0 Å². The Hall–Kier alpha value is -1.01. The van der Waals surface area contributed by atoms with E-state index in [-0.39, 0.29) is 5.75 Å². The molecule has 1 N–H and O–H groups in total. The van der Waals surface area contributed by atoms with Gasteiger partial charge in [0.1, 0.15) is 0 Å². The van der Waals surface area contributed by atoms with Gasteiger partial charge in [-0.3, -0.25) is 4.79 Å². The Morgan fingerprint density at radius 1 is 1.60 bits per heavy atom. The number of aromatic nitrogens is 2. The number of carboxylic acids is 1. The van der Waals surface area contributed by atoms with Crippen LogP contribution < -0.4 is 0 Å². The van der Waals surface area contributed by atoms with Crippen molar-refractivity contribution in [1.29, 1.82) is 0 Å². The fourth-order valence-corrected chi connectivity index (χ4v) is 3.72. The number of likely N-dealkylation sites (tertiary alicyclic amines) is 1. The summed E-state index contributed by atoms with van der Waals surface area (Å²) in [5.41, 5.74) is 1.21. The number of aliphatic carboxylic acids is 1. The van der Waals surface area contributed by atoms with Crippen LogP contribution >= 0.6 is 11.8 Å². The van der Waals surface area contributed by atoms with E-state index in [9.17, 15) is 4.79 Å². The van der Waals surface area contributed by atoms with Crippen molar-refractivity contribution in [2.75, 3.05) is 25.9 Å². The summed E-state index contributed by atoms with van der Waals surface area (Å²) in [5.74, 6) is -0.169. The summed E-state index contributed by atoms with van der Waals surface area (Å²) >= 11 is 1.33. The topological polar surface area (TPSA) is 58.4 Å². The van der Waals surface area contributed by atoms with Crippen molar-refractivity contribution in [2.24, 2.45) is 5.92 Å². The molecule has 0 aromatic carbocycles. The Balaban J connectivity index is 2.23. The number of thioether (sulfide) groups is 1. The fraction of sp³-hybridized carbons (Fsp3) is 0.714. The third-order valence-corrected chi connectivity index (χ3v) is 4.87. The summed E-state index contributed by atoms with van der Waals surface area (Å²) in [7, 11) is 2.15. The monoisotopic (exact) mass is 297 g/mol. The van der Waals surface area contributed by atoms with E-state index in [0.717, 1.165) is 31.1 Å². The third kappa shape index (κ3) is 3.35. The van der Waals surface area contributed by atoms with Gasteiger partial charge in [-0.05, 0) is 32.4 Å². The van der Waals surface area contributed by atoms with E-state index in [4.69, 9.17) is 5.11 Å². The van der Waals surface area contributed by atoms with Crippen LogP contribution in [0.3, 0.4) is 0 Å². The lowest BCUT2D eigenvalue weighted by Crippen LogP contribution is -2.38. The van der Waals surface area contributed by atoms with Gasteiger partial charge in [-0.25, -0.2) is 4.98 Å². The molecule has 0 radical (unpaired) electrons. The summed E-state index contributed by atoms with van der Waals surface area (Å²) in [5, 5.41) is 9.71. The average molecular weight is 297 g/mol. The molecule has 6 heteroatoms. The van der Waals surface area contributed by atoms with Crippen LogP contribution in [0.5, 0.6) is 0 Å². The number of hydrogen-bond acceptors (Lipinski definition) is 4. The standard InChI is InChI=1S/C14H23N3O2S/c1-4-11-7-15-14(20-9-13(18)19)17(11)12-5-6-16(3)8-10(12)2/h7,10,12H,4-6,8-9H2,1-3H3,(H,18,19). The van der Waals surface area contributed by atoms with Crippen LogP contribution in [0.1, 0.15) is 32.0 Å². The highest BCUT2D eigenvalue weighted by molar-refractivity contribution is 7.99. The van der Waals surface area contributed by atoms with Crippen molar-refractivity contribution in [1.82, 2.24) is 14.5 Å². The second-order valence-electron chi connectivity index (χ2n) is 5.53. The lowest BCUT2D eigenvalue weighted by atomic mass is 9.93. The first-order valence-corrected chi connectivity index (χ1v) is 8.10. The molecule has 1 saturated heterocycles. The zero-order chi connectivity index (χ0) is 14.7. The van der Waals surface area contributed by atoms with Gasteiger partial charge in [0.05, 0.1) is 5.75 Å². The molecule has 1 aromatic heterocycles. The molecule has 1 fully saturated rings. The smallest absolute Gasteiger partial charge is 0.313 e. The Morgan fingerprint density at radius 2 is 2.35 bits per heavy atom. The molecule has 5 nitrogen and oxygen atoms in total. The van der Waals surface area contributed by atoms with E-state index >= 15 is 0 Å². The Bertz CT molecular complexity index is 475. The number of carbonyl (C=O) groups is 1. The molecule has 0 amide bonds. The van der Waals surface area contributed by atoms with Crippen molar-refractivity contribution in [2.45, 2.75) is 37.9 Å². The van der Waals surface area contributed by atoms with Crippen molar-refractivity contribution >= 4 is 17.7 Å². The molecule has 2 atom stereocenters. The number of piperidine rings is 1. The molecule has 1 aliphatic heterocycles. The predicted octanol–water partition coefficient (Wildman–Crippen LogP) is 2.13. The number of imidazole rings is 1. The van der Waals surface area contributed by atoms with Gasteiger partial charge in [0.15, 0.2) is 5.16 Å². The first-order chi connectivity index (χ1) is 9.52. The van der Waals surface area contributed by atoms with Gasteiger partial charge in [0.2, 0.25) is 0 Å². The molecule has 1 aliphatic rings. The molecule has 1 aromatic rings. The minimum atomic E-state index is -0.793. The van der Waals surface area contributed by atoms with Gasteiger partial charge in [-0.1, -0.05) is 25.6 Å². The van der Waals surface area contributed by atoms with Gasteiger partial charge < -0.3 is 14.6 Å². The molecular weight excluding hydrogens is 274 g/mol. The molecule has 0 saturated carbocycles. The maximum absolute atomic E-state index is 10.8. The van der Waals surface area contributed by atoms with E-state index < -0.39 is 5.97 Å². The van der Waals surface area contributed by atoms with E-state index in [1.165, 1.54) is 17.5 Å². The number of hydrogen-bond donors (Lipinski definition) is 1. The summed E-state index contributed by atoms with van der Waals surface area (Å²) < 4.78 is 2.28. The summed E-state index contributed by atoms with van der Waals surface area (Å²) in [4.78, 5) is 17.6. The molecule has 20 heavy (non-hydrogen) atoms. The molecule has 2 heterocycles. The van der Waals surface area contributed by atoms with E-state index in [1.807, 2.05) is 6.20 Å². The Kier molecular flexibility index (Phi) is 5.10. The largest absolute Gasteiger partial charge is 0.481 e. The summed E-state index contributed by atoms with van der Waals surface area (Å²) in [6.45, 7) is 6.55. The first-order valence-electron chi connectivity index (χ1n) is 7.12. The zero-order valence-electron chi connectivity index (χ0n) is 12.4. The molecule has 2 rings (SSSR count). The number of aryl methyl sites for hydroxylation is 1. The average Bonchev–Trinajstić information content (AvgIpc) is 2.79. The number of carboxylic acid groups (broad SMARTS) is 1. The maximum Gasteiger partial charge on any atom is 0.313 e. The third-order valence-electron chi connectivity index (χ3n) is 3.92. The van der Waals surface area contributed by atoms with Crippen molar-refractivity contribution in [3.63, 3.8) is 0 Å². The van der Waals surface area contributed by atoms with Crippen LogP contribution in [-0.4, -0.2) is 51.4 Å². The summed E-state index contributed by atoms with van der Waals surface area (Å²) in [6.07, 6.45) is 3.93. The first kappa shape index (κ1) is 15.4. The lowest BCUT2D eigenvalue weighted by molar-refractivity contribution is -0.133. The van der Waals surface area contributed by atoms with Gasteiger partial charge in [-0.15, -0.1) is 0 Å². The number of rotatable bonds is 5. The second-order valence-corrected chi connectivity index (χ2v) is 6.48. The molecule has 0 aliphatic carbocycles. The second kappa shape index (κ2) is 6.63. The minimum absolute atomic E-state index is 0.0706. The van der Waals surface area contributed by atoms with E-state index in [2.05, 4.69) is 35.3 Å². The Morgan fingerprint density at radius 3 is 2.95 bits per heavy atom. The van der Waals surface area contributed by atoms with Crippen LogP contribution in [0.2, 0.25) is 0 Å². The lowest BCUT2D eigenvalue weighted by Gasteiger charge is -2.37. The van der Waals surface area contributed by atoms with Crippen molar-refractivity contribution in [3.8, 4) is 0 Å². The van der Waals surface area contributed by atoms with Gasteiger partial charge >= 0.3 is 5.97 Å². The van der Waals surface area contributed by atoms with Crippen LogP contribution in [0.25, 0.3) is 0 Å². The van der Waals surface area contributed by atoms with E-state index in [1.54, 1.807) is 0 Å². The molecule has 112 valence electrons. The molecule has 0 spiro atoms. The molecular formula is C14H23N3O2S. The van der Waals surface area contributed by atoms with Crippen LogP contribution in [0.4, 0.5) is 0 Å². The van der Waals surface area contributed by atoms with Gasteiger partial charge in [0, 0.05) is 24.5 Å².